The van der Waals surface area contributed by atoms with Crippen molar-refractivity contribution >= 4 is 0 Å². The second-order valence-corrected chi connectivity index (χ2v) is 10.1. The predicted molar refractivity (Wildman–Crippen MR) is 140 cm³/mol. The molecule has 0 rings (SSSR count). The van der Waals surface area contributed by atoms with E-state index in [1.165, 1.54) is 0 Å². The van der Waals surface area contributed by atoms with Crippen molar-refractivity contribution < 1.29 is 62.6 Å². The molecular weight excluding hydrogens is 516 g/mol. The molecule has 0 aromatic rings. The molecule has 0 aliphatic rings. The summed E-state index contributed by atoms with van der Waals surface area (Å²) in [6.45, 7) is 23.1. The van der Waals surface area contributed by atoms with Gasteiger partial charge in [0, 0.05) is 39.3 Å². The maximum absolute atomic E-state index is 9.53. The summed E-state index contributed by atoms with van der Waals surface area (Å²) in [7, 11) is 0. The normalized spacial score (nSPS) is 13.8. The molecule has 226 valence electrons. The fraction of sp³-hybridized carbons (Fsp3) is 1.00. The molecule has 0 aliphatic carbocycles. The molecular formula is C26H60N2O8Ti. The van der Waals surface area contributed by atoms with Gasteiger partial charge in [-0.25, -0.2) is 0 Å². The summed E-state index contributed by atoms with van der Waals surface area (Å²) in [5, 5.41) is 76.0. The molecule has 4 atom stereocenters. The van der Waals surface area contributed by atoms with Crippen molar-refractivity contribution in [3.05, 3.63) is 0 Å². The minimum atomic E-state index is -0.448. The molecule has 0 saturated carbocycles. The second kappa shape index (κ2) is 34.3. The standard InChI is InChI=1S/C14H32N2O4.4C3H7O.Ti/c1-11(17)7-15(8-12(2)18)5-6-16(9-13(3)19)10-14(4)20;4*1-3(2)4;/h11-14,17-20H,5-10H2,1-4H3;4*3H,1-2H3;/q;4*-1;+4. The van der Waals surface area contributed by atoms with E-state index in [0.717, 1.165) is 0 Å². The second-order valence-electron chi connectivity index (χ2n) is 10.1. The Balaban J connectivity index is -0.000000115. The summed E-state index contributed by atoms with van der Waals surface area (Å²) in [6.07, 6.45) is -3.46. The molecule has 4 unspecified atom stereocenters. The summed E-state index contributed by atoms with van der Waals surface area (Å²) in [5.74, 6) is 0. The predicted octanol–water partition coefficient (Wildman–Crippen LogP) is -1.87. The molecule has 0 aromatic heterocycles. The molecule has 37 heavy (non-hydrogen) atoms. The van der Waals surface area contributed by atoms with E-state index in [2.05, 4.69) is 0 Å². The minimum Gasteiger partial charge on any atom is -0.852 e. The van der Waals surface area contributed by atoms with E-state index in [-0.39, 0.29) is 21.7 Å². The Morgan fingerprint density at radius 2 is 0.514 bits per heavy atom. The van der Waals surface area contributed by atoms with Crippen LogP contribution in [0.15, 0.2) is 0 Å². The monoisotopic (exact) mass is 576 g/mol. The first kappa shape index (κ1) is 50.2. The molecule has 0 spiro atoms. The van der Waals surface area contributed by atoms with Crippen LogP contribution in [0, 0.1) is 0 Å². The first-order valence-corrected chi connectivity index (χ1v) is 12.9. The smallest absolute Gasteiger partial charge is 0.852 e. The van der Waals surface area contributed by atoms with Crippen LogP contribution in [-0.2, 0) is 21.7 Å². The Hall–Kier alpha value is 0.314. The van der Waals surface area contributed by atoms with Crippen molar-refractivity contribution in [3.63, 3.8) is 0 Å². The van der Waals surface area contributed by atoms with Gasteiger partial charge in [0.1, 0.15) is 0 Å². The van der Waals surface area contributed by atoms with Gasteiger partial charge in [-0.05, 0) is 27.7 Å². The average Bonchev–Trinajstić information content (AvgIpc) is 2.55. The van der Waals surface area contributed by atoms with Gasteiger partial charge in [0.15, 0.2) is 0 Å². The van der Waals surface area contributed by atoms with Gasteiger partial charge in [0.2, 0.25) is 0 Å². The van der Waals surface area contributed by atoms with Gasteiger partial charge >= 0.3 is 21.7 Å². The van der Waals surface area contributed by atoms with Crippen LogP contribution < -0.4 is 20.4 Å². The zero-order valence-corrected chi connectivity index (χ0v) is 27.2. The van der Waals surface area contributed by atoms with Crippen LogP contribution in [0.2, 0.25) is 0 Å². The van der Waals surface area contributed by atoms with Gasteiger partial charge in [-0.2, -0.15) is 0 Å². The van der Waals surface area contributed by atoms with Crippen molar-refractivity contribution in [1.29, 1.82) is 0 Å². The first-order chi connectivity index (χ1) is 16.1. The van der Waals surface area contributed by atoms with E-state index in [4.69, 9.17) is 0 Å². The van der Waals surface area contributed by atoms with Crippen molar-refractivity contribution in [2.75, 3.05) is 39.3 Å². The van der Waals surface area contributed by atoms with Gasteiger partial charge < -0.3 is 40.9 Å². The fourth-order valence-electron chi connectivity index (χ4n) is 2.29. The molecule has 10 nitrogen and oxygen atoms in total. The van der Waals surface area contributed by atoms with E-state index >= 15 is 0 Å². The van der Waals surface area contributed by atoms with Gasteiger partial charge in [-0.15, -0.1) is 24.4 Å². The van der Waals surface area contributed by atoms with E-state index < -0.39 is 48.8 Å². The van der Waals surface area contributed by atoms with Crippen LogP contribution in [-0.4, -0.2) is 118 Å². The summed E-state index contributed by atoms with van der Waals surface area (Å²) in [4.78, 5) is 3.98. The van der Waals surface area contributed by atoms with Crippen molar-refractivity contribution in [2.24, 2.45) is 0 Å². The van der Waals surface area contributed by atoms with Crippen LogP contribution >= 0.6 is 0 Å². The van der Waals surface area contributed by atoms with E-state index in [0.29, 0.717) is 39.3 Å². The summed E-state index contributed by atoms with van der Waals surface area (Å²) < 4.78 is 0. The summed E-state index contributed by atoms with van der Waals surface area (Å²) in [5.41, 5.74) is 0. The fourth-order valence-corrected chi connectivity index (χ4v) is 2.29. The Bertz CT molecular complexity index is 322. The van der Waals surface area contributed by atoms with Crippen LogP contribution in [0.4, 0.5) is 0 Å². The molecule has 11 heteroatoms. The van der Waals surface area contributed by atoms with Crippen LogP contribution in [0.1, 0.15) is 83.1 Å². The van der Waals surface area contributed by atoms with Crippen LogP contribution in [0.3, 0.4) is 0 Å². The van der Waals surface area contributed by atoms with Crippen molar-refractivity contribution in [2.45, 2.75) is 132 Å². The third-order valence-corrected chi connectivity index (χ3v) is 2.82. The Morgan fingerprint density at radius 1 is 0.405 bits per heavy atom. The maximum Gasteiger partial charge on any atom is 4.00 e. The SMILES string of the molecule is CC(C)[O-].CC(C)[O-].CC(C)[O-].CC(C)[O-].CC(O)CN(CCN(CC(C)O)CC(C)O)CC(C)O.[Ti+4]. The maximum atomic E-state index is 9.53. The van der Waals surface area contributed by atoms with Crippen molar-refractivity contribution in [1.82, 2.24) is 9.80 Å². The Kier molecular flexibility index (Phi) is 46.6. The zero-order chi connectivity index (χ0) is 30.0. The van der Waals surface area contributed by atoms with E-state index in [1.807, 2.05) is 9.80 Å². The first-order valence-electron chi connectivity index (χ1n) is 12.9. The number of nitrogens with zero attached hydrogens (tertiary/aromatic N) is 2. The van der Waals surface area contributed by atoms with Crippen LogP contribution in [0.25, 0.3) is 0 Å². The zero-order valence-electron chi connectivity index (χ0n) is 25.7. The van der Waals surface area contributed by atoms with Gasteiger partial charge in [-0.1, -0.05) is 55.4 Å². The van der Waals surface area contributed by atoms with E-state index in [1.54, 1.807) is 83.1 Å². The molecule has 0 saturated heterocycles. The molecule has 0 radical (unpaired) electrons. The van der Waals surface area contributed by atoms with Gasteiger partial charge in [0.05, 0.1) is 24.4 Å². The molecule has 4 N–H and O–H groups in total. The van der Waals surface area contributed by atoms with Crippen molar-refractivity contribution in [3.8, 4) is 0 Å². The number of aliphatic hydroxyl groups excluding tert-OH is 4. The average molecular weight is 577 g/mol. The number of rotatable bonds is 11. The summed E-state index contributed by atoms with van der Waals surface area (Å²) >= 11 is 0. The Morgan fingerprint density at radius 3 is 0.595 bits per heavy atom. The Labute approximate surface area is 243 Å². The molecule has 0 bridgehead atoms. The third-order valence-electron chi connectivity index (χ3n) is 2.82. The van der Waals surface area contributed by atoms with Gasteiger partial charge in [0.25, 0.3) is 0 Å². The molecule has 0 aromatic carbocycles. The largest absolute Gasteiger partial charge is 4.00 e. The van der Waals surface area contributed by atoms with Gasteiger partial charge in [-0.3, -0.25) is 9.80 Å². The molecule has 0 aliphatic heterocycles. The van der Waals surface area contributed by atoms with Crippen LogP contribution in [0.5, 0.6) is 0 Å². The number of hydrogen-bond acceptors (Lipinski definition) is 10. The van der Waals surface area contributed by atoms with E-state index in [9.17, 15) is 40.9 Å². The third kappa shape index (κ3) is 94.1. The molecule has 0 amide bonds. The number of hydrogen-bond donors (Lipinski definition) is 4. The number of aliphatic hydroxyl groups is 4. The summed E-state index contributed by atoms with van der Waals surface area (Å²) in [6, 6.07) is 0. The molecule has 0 fully saturated rings. The molecule has 0 heterocycles. The topological polar surface area (TPSA) is 180 Å². The minimum absolute atomic E-state index is 0. The quantitative estimate of drug-likeness (QED) is 0.204.